The number of methoxy groups -OCH3 is 2. The van der Waals surface area contributed by atoms with Gasteiger partial charge in [-0.25, -0.2) is 14.4 Å². The molecule has 36 heavy (non-hydrogen) atoms. The average Bonchev–Trinajstić information content (AvgIpc) is 3.05. The first kappa shape index (κ1) is 23.0. The number of hydrogen-bond acceptors (Lipinski definition) is 7. The van der Waals surface area contributed by atoms with Crippen molar-refractivity contribution in [2.24, 2.45) is 11.8 Å². The summed E-state index contributed by atoms with van der Waals surface area (Å²) in [6.07, 6.45) is -0.447. The predicted octanol–water partition coefficient (Wildman–Crippen LogP) is 3.62. The number of rotatable bonds is 4. The Labute approximate surface area is 210 Å². The number of benzene rings is 2. The van der Waals surface area contributed by atoms with E-state index in [0.717, 1.165) is 16.7 Å². The standard InChI is InChI=1S/C28H30N2O6/c1-26(2,3)36-25(33)30-21-17-13-9-10-14-18(17)22(30)20-19(21)27(23(31)34-4)28(20,24(32)35-5)29(27)15-16-11-7-6-8-12-16/h6-14,19-22H,15H2,1-5H3/t19-,20+,21+,22-,27+,28-,29?. The summed E-state index contributed by atoms with van der Waals surface area (Å²) in [5.41, 5.74) is -0.172. The van der Waals surface area contributed by atoms with Crippen molar-refractivity contribution in [2.75, 3.05) is 14.2 Å². The summed E-state index contributed by atoms with van der Waals surface area (Å²) in [5.74, 6) is -1.61. The maximum absolute atomic E-state index is 13.6. The minimum atomic E-state index is -1.22. The fraction of sp³-hybridized carbons (Fsp3) is 0.464. The fourth-order valence-corrected chi connectivity index (χ4v) is 7.52. The molecule has 0 aromatic heterocycles. The zero-order valence-corrected chi connectivity index (χ0v) is 21.1. The predicted molar refractivity (Wildman–Crippen MR) is 128 cm³/mol. The Kier molecular flexibility index (Phi) is 4.68. The minimum absolute atomic E-state index is 0.333. The third-order valence-corrected chi connectivity index (χ3v) is 8.43. The van der Waals surface area contributed by atoms with Crippen molar-refractivity contribution in [1.82, 2.24) is 9.80 Å². The van der Waals surface area contributed by atoms with Crippen LogP contribution in [0, 0.1) is 11.8 Å². The zero-order chi connectivity index (χ0) is 25.6. The highest BCUT2D eigenvalue weighted by molar-refractivity contribution is 6.06. The summed E-state index contributed by atoms with van der Waals surface area (Å²) in [7, 11) is 2.69. The first-order valence-electron chi connectivity index (χ1n) is 12.2. The molecule has 1 unspecified atom stereocenters. The second kappa shape index (κ2) is 7.32. The molecule has 3 fully saturated rings. The minimum Gasteiger partial charge on any atom is -0.468 e. The molecule has 8 heteroatoms. The van der Waals surface area contributed by atoms with Crippen molar-refractivity contribution in [2.45, 2.75) is 56.1 Å². The van der Waals surface area contributed by atoms with Gasteiger partial charge in [0.2, 0.25) is 0 Å². The summed E-state index contributed by atoms with van der Waals surface area (Å²) in [6.45, 7) is 5.88. The summed E-state index contributed by atoms with van der Waals surface area (Å²) in [5, 5.41) is 0. The molecular weight excluding hydrogens is 460 g/mol. The third kappa shape index (κ3) is 2.50. The van der Waals surface area contributed by atoms with Gasteiger partial charge in [-0.15, -0.1) is 0 Å². The molecule has 2 saturated heterocycles. The van der Waals surface area contributed by atoms with Gasteiger partial charge in [0.1, 0.15) is 5.60 Å². The Balaban J connectivity index is 1.51. The highest BCUT2D eigenvalue weighted by atomic mass is 16.6. The van der Waals surface area contributed by atoms with Crippen LogP contribution in [0.2, 0.25) is 0 Å². The van der Waals surface area contributed by atoms with E-state index in [1.807, 2.05) is 80.3 Å². The Bertz CT molecular complexity index is 1210. The van der Waals surface area contributed by atoms with Crippen molar-refractivity contribution in [1.29, 1.82) is 0 Å². The molecule has 188 valence electrons. The SMILES string of the molecule is COC(=O)[C@@]12[C@@H]3[C@@H]([C@H]4c5ccccc5[C@@H]3N4C(=O)OC(C)(C)C)[C@]1(C(=O)OC)N2Cc1ccccc1. The van der Waals surface area contributed by atoms with Crippen molar-refractivity contribution < 1.29 is 28.6 Å². The summed E-state index contributed by atoms with van der Waals surface area (Å²) in [6, 6.07) is 16.8. The molecule has 2 aromatic carbocycles. The molecule has 2 aromatic rings. The van der Waals surface area contributed by atoms with E-state index >= 15 is 0 Å². The van der Waals surface area contributed by atoms with Crippen molar-refractivity contribution >= 4 is 18.0 Å². The normalized spacial score (nSPS) is 34.6. The number of carbonyl (C=O) groups excluding carboxylic acids is 3. The van der Waals surface area contributed by atoms with Gasteiger partial charge >= 0.3 is 18.0 Å². The largest absolute Gasteiger partial charge is 0.468 e. The zero-order valence-electron chi connectivity index (χ0n) is 21.1. The van der Waals surface area contributed by atoms with Gasteiger partial charge in [-0.2, -0.15) is 0 Å². The number of amides is 1. The van der Waals surface area contributed by atoms with Crippen LogP contribution in [0.25, 0.3) is 0 Å². The molecule has 3 heterocycles. The summed E-state index contributed by atoms with van der Waals surface area (Å²) in [4.78, 5) is 44.5. The second-order valence-electron chi connectivity index (χ2n) is 11.0. The van der Waals surface area contributed by atoms with E-state index < -0.39 is 46.8 Å². The number of hydrogen-bond donors (Lipinski definition) is 0. The Morgan fingerprint density at radius 2 is 1.28 bits per heavy atom. The van der Waals surface area contributed by atoms with Crippen LogP contribution < -0.4 is 0 Å². The van der Waals surface area contributed by atoms with Gasteiger partial charge in [0.25, 0.3) is 0 Å². The molecule has 0 spiro atoms. The van der Waals surface area contributed by atoms with E-state index in [0.29, 0.717) is 6.54 Å². The maximum atomic E-state index is 13.6. The van der Waals surface area contributed by atoms with Crippen molar-refractivity contribution in [3.8, 4) is 0 Å². The lowest BCUT2D eigenvalue weighted by molar-refractivity contribution is -0.162. The molecule has 1 aliphatic carbocycles. The number of nitrogens with zero attached hydrogens (tertiary/aromatic N) is 2. The second-order valence-corrected chi connectivity index (χ2v) is 11.0. The number of esters is 2. The molecule has 1 amide bonds. The third-order valence-electron chi connectivity index (χ3n) is 8.43. The van der Waals surface area contributed by atoms with Crippen LogP contribution in [0.3, 0.4) is 0 Å². The van der Waals surface area contributed by atoms with E-state index in [1.54, 1.807) is 4.90 Å². The average molecular weight is 491 g/mol. The summed E-state index contributed by atoms with van der Waals surface area (Å²) < 4.78 is 16.5. The lowest BCUT2D eigenvalue weighted by atomic mass is 9.51. The van der Waals surface area contributed by atoms with Crippen LogP contribution in [0.1, 0.15) is 49.5 Å². The van der Waals surface area contributed by atoms with E-state index in [-0.39, 0.29) is 11.8 Å². The van der Waals surface area contributed by atoms with Gasteiger partial charge < -0.3 is 14.2 Å². The van der Waals surface area contributed by atoms with Crippen molar-refractivity contribution in [3.63, 3.8) is 0 Å². The van der Waals surface area contributed by atoms with E-state index in [2.05, 4.69) is 0 Å². The molecule has 0 N–H and O–H groups in total. The highest BCUT2D eigenvalue weighted by Crippen LogP contribution is 2.84. The lowest BCUT2D eigenvalue weighted by Gasteiger charge is -2.46. The quantitative estimate of drug-likeness (QED) is 0.280. The number of fused-ring (bicyclic) bond motifs is 11. The molecule has 3 aliphatic heterocycles. The first-order valence-corrected chi connectivity index (χ1v) is 12.2. The van der Waals surface area contributed by atoms with Crippen molar-refractivity contribution in [3.05, 3.63) is 71.3 Å². The molecule has 1 saturated carbocycles. The molecule has 7 atom stereocenters. The number of carbonyl (C=O) groups is 3. The van der Waals surface area contributed by atoms with Gasteiger partial charge in [0, 0.05) is 18.4 Å². The van der Waals surface area contributed by atoms with Crippen LogP contribution >= 0.6 is 0 Å². The topological polar surface area (TPSA) is 85.2 Å². The molecular formula is C28H30N2O6. The number of likely N-dealkylation sites (tertiary alicyclic amines) is 1. The van der Waals surface area contributed by atoms with Crippen LogP contribution in [0.5, 0.6) is 0 Å². The summed E-state index contributed by atoms with van der Waals surface area (Å²) >= 11 is 0. The van der Waals surface area contributed by atoms with Gasteiger partial charge in [0.05, 0.1) is 26.3 Å². The van der Waals surface area contributed by atoms with Gasteiger partial charge in [-0.1, -0.05) is 54.6 Å². The van der Waals surface area contributed by atoms with Crippen LogP contribution in [0.15, 0.2) is 54.6 Å². The molecule has 2 bridgehead atoms. The van der Waals surface area contributed by atoms with Crippen LogP contribution in [-0.2, 0) is 30.3 Å². The van der Waals surface area contributed by atoms with E-state index in [1.165, 1.54) is 14.2 Å². The maximum Gasteiger partial charge on any atom is 0.411 e. The van der Waals surface area contributed by atoms with E-state index in [4.69, 9.17) is 14.2 Å². The Hall–Kier alpha value is -3.39. The van der Waals surface area contributed by atoms with Gasteiger partial charge in [0.15, 0.2) is 11.1 Å². The van der Waals surface area contributed by atoms with Crippen LogP contribution in [0.4, 0.5) is 4.79 Å². The monoisotopic (exact) mass is 490 g/mol. The fourth-order valence-electron chi connectivity index (χ4n) is 7.52. The molecule has 6 rings (SSSR count). The smallest absolute Gasteiger partial charge is 0.411 e. The van der Waals surface area contributed by atoms with Gasteiger partial charge in [-0.3, -0.25) is 9.80 Å². The molecule has 4 aliphatic rings. The van der Waals surface area contributed by atoms with E-state index in [9.17, 15) is 14.4 Å². The highest BCUT2D eigenvalue weighted by Gasteiger charge is 3.02. The lowest BCUT2D eigenvalue weighted by Crippen LogP contribution is -2.64. The van der Waals surface area contributed by atoms with Crippen LogP contribution in [-0.4, -0.2) is 58.7 Å². The first-order chi connectivity index (χ1) is 17.2. The number of ether oxygens (including phenoxy) is 3. The molecule has 8 nitrogen and oxygen atoms in total. The Morgan fingerprint density at radius 1 is 0.806 bits per heavy atom. The molecule has 0 radical (unpaired) electrons. The van der Waals surface area contributed by atoms with Gasteiger partial charge in [-0.05, 0) is 37.5 Å². The Morgan fingerprint density at radius 3 is 1.72 bits per heavy atom.